The predicted octanol–water partition coefficient (Wildman–Crippen LogP) is 1.25. The number of hydrogen-bond acceptors (Lipinski definition) is 5. The Morgan fingerprint density at radius 1 is 1.07 bits per heavy atom. The second-order valence-corrected chi connectivity index (χ2v) is 8.56. The van der Waals surface area contributed by atoms with Crippen molar-refractivity contribution in [2.45, 2.75) is 24.7 Å². The van der Waals surface area contributed by atoms with E-state index in [1.165, 1.54) is 22.8 Å². The number of nitrogens with zero attached hydrogens (tertiary/aromatic N) is 2. The van der Waals surface area contributed by atoms with Crippen LogP contribution in [-0.2, 0) is 14.8 Å². The van der Waals surface area contributed by atoms with Crippen molar-refractivity contribution in [3.8, 4) is 0 Å². The molecule has 1 aliphatic heterocycles. The average molecular weight is 402 g/mol. The molecule has 2 N–H and O–H groups in total. The molecule has 3 rings (SSSR count). The fourth-order valence-electron chi connectivity index (χ4n) is 3.12. The van der Waals surface area contributed by atoms with Crippen LogP contribution >= 0.6 is 0 Å². The standard InChI is InChI=1S/C19H22N4O4S/c1-14-5-2-3-7-17(14)19(25)22-21-18(24)15-8-11-23(12-9-15)28(26,27)16-6-4-10-20-13-16/h2-7,10,13,15H,8-9,11-12H2,1H3,(H,21,24)(H,22,25). The number of aryl methyl sites for hydroxylation is 1. The lowest BCUT2D eigenvalue weighted by atomic mass is 9.97. The van der Waals surface area contributed by atoms with E-state index in [1.807, 2.05) is 19.1 Å². The van der Waals surface area contributed by atoms with Crippen molar-refractivity contribution in [3.05, 3.63) is 59.9 Å². The second-order valence-electron chi connectivity index (χ2n) is 6.63. The van der Waals surface area contributed by atoms with Gasteiger partial charge in [-0.15, -0.1) is 0 Å². The molecule has 0 aliphatic carbocycles. The van der Waals surface area contributed by atoms with Gasteiger partial charge < -0.3 is 0 Å². The topological polar surface area (TPSA) is 108 Å². The smallest absolute Gasteiger partial charge is 0.269 e. The van der Waals surface area contributed by atoms with Crippen LogP contribution in [0.15, 0.2) is 53.7 Å². The van der Waals surface area contributed by atoms with Crippen molar-refractivity contribution in [3.63, 3.8) is 0 Å². The van der Waals surface area contributed by atoms with Crippen molar-refractivity contribution in [1.82, 2.24) is 20.1 Å². The maximum Gasteiger partial charge on any atom is 0.269 e. The molecule has 8 nitrogen and oxygen atoms in total. The van der Waals surface area contributed by atoms with Crippen LogP contribution in [0.1, 0.15) is 28.8 Å². The summed E-state index contributed by atoms with van der Waals surface area (Å²) in [4.78, 5) is 28.5. The van der Waals surface area contributed by atoms with Gasteiger partial charge in [0, 0.05) is 37.0 Å². The van der Waals surface area contributed by atoms with Crippen molar-refractivity contribution in [2.24, 2.45) is 5.92 Å². The lowest BCUT2D eigenvalue weighted by molar-refractivity contribution is -0.126. The summed E-state index contributed by atoms with van der Waals surface area (Å²) in [5, 5.41) is 0. The Balaban J connectivity index is 1.53. The first-order valence-corrected chi connectivity index (χ1v) is 10.4. The summed E-state index contributed by atoms with van der Waals surface area (Å²) in [6.07, 6.45) is 3.59. The Labute approximate surface area is 164 Å². The summed E-state index contributed by atoms with van der Waals surface area (Å²) in [7, 11) is -3.61. The molecule has 1 saturated heterocycles. The molecular weight excluding hydrogens is 380 g/mol. The summed E-state index contributed by atoms with van der Waals surface area (Å²) in [5.41, 5.74) is 6.17. The van der Waals surface area contributed by atoms with Crippen LogP contribution in [0.2, 0.25) is 0 Å². The van der Waals surface area contributed by atoms with Crippen LogP contribution in [0, 0.1) is 12.8 Å². The zero-order valence-electron chi connectivity index (χ0n) is 15.5. The summed E-state index contributed by atoms with van der Waals surface area (Å²) in [6.45, 7) is 2.29. The van der Waals surface area contributed by atoms with E-state index in [2.05, 4.69) is 15.8 Å². The molecule has 2 heterocycles. The molecule has 0 saturated carbocycles. The number of aromatic nitrogens is 1. The number of benzene rings is 1. The highest BCUT2D eigenvalue weighted by atomic mass is 32.2. The number of hydrogen-bond donors (Lipinski definition) is 2. The lowest BCUT2D eigenvalue weighted by Gasteiger charge is -2.30. The molecule has 2 aromatic rings. The Morgan fingerprint density at radius 2 is 1.79 bits per heavy atom. The third-order valence-corrected chi connectivity index (χ3v) is 6.67. The van der Waals surface area contributed by atoms with Crippen LogP contribution in [0.4, 0.5) is 0 Å². The van der Waals surface area contributed by atoms with Crippen molar-refractivity contribution < 1.29 is 18.0 Å². The SMILES string of the molecule is Cc1ccccc1C(=O)NNC(=O)C1CCN(S(=O)(=O)c2cccnc2)CC1. The molecule has 1 aromatic heterocycles. The minimum absolute atomic E-state index is 0.142. The molecule has 148 valence electrons. The predicted molar refractivity (Wildman–Crippen MR) is 103 cm³/mol. The van der Waals surface area contributed by atoms with Crippen LogP contribution in [-0.4, -0.2) is 42.6 Å². The Bertz CT molecular complexity index is 955. The minimum atomic E-state index is -3.61. The Hall–Kier alpha value is -2.78. The molecule has 9 heteroatoms. The molecule has 0 spiro atoms. The minimum Gasteiger partial charge on any atom is -0.273 e. The largest absolute Gasteiger partial charge is 0.273 e. The van der Waals surface area contributed by atoms with Crippen LogP contribution in [0.5, 0.6) is 0 Å². The monoisotopic (exact) mass is 402 g/mol. The molecule has 0 radical (unpaired) electrons. The van der Waals surface area contributed by atoms with Crippen molar-refractivity contribution in [1.29, 1.82) is 0 Å². The first-order chi connectivity index (χ1) is 13.4. The van der Waals surface area contributed by atoms with Crippen LogP contribution in [0.25, 0.3) is 0 Å². The molecular formula is C19H22N4O4S. The van der Waals surface area contributed by atoms with Gasteiger partial charge in [-0.05, 0) is 43.5 Å². The normalized spacial score (nSPS) is 15.8. The van der Waals surface area contributed by atoms with Gasteiger partial charge in [-0.25, -0.2) is 8.42 Å². The molecule has 28 heavy (non-hydrogen) atoms. The highest BCUT2D eigenvalue weighted by Gasteiger charge is 2.32. The molecule has 1 fully saturated rings. The average Bonchev–Trinajstić information content (AvgIpc) is 2.73. The molecule has 0 atom stereocenters. The quantitative estimate of drug-likeness (QED) is 0.749. The Kier molecular flexibility index (Phi) is 6.05. The van der Waals surface area contributed by atoms with E-state index in [1.54, 1.807) is 18.2 Å². The molecule has 1 aromatic carbocycles. The number of hydrazine groups is 1. The summed E-state index contributed by atoms with van der Waals surface area (Å²) < 4.78 is 26.6. The van der Waals surface area contributed by atoms with Gasteiger partial charge in [0.1, 0.15) is 4.90 Å². The summed E-state index contributed by atoms with van der Waals surface area (Å²) in [5.74, 6) is -1.07. The van der Waals surface area contributed by atoms with Gasteiger partial charge in [0.05, 0.1) is 0 Å². The Morgan fingerprint density at radius 3 is 2.43 bits per heavy atom. The van der Waals surface area contributed by atoms with Gasteiger partial charge in [0.15, 0.2) is 0 Å². The zero-order chi connectivity index (χ0) is 20.1. The fraction of sp³-hybridized carbons (Fsp3) is 0.316. The molecule has 0 unspecified atom stereocenters. The van der Waals surface area contributed by atoms with Gasteiger partial charge in [0.2, 0.25) is 15.9 Å². The molecule has 0 bridgehead atoms. The van der Waals surface area contributed by atoms with Gasteiger partial charge >= 0.3 is 0 Å². The fourth-order valence-corrected chi connectivity index (χ4v) is 4.56. The van der Waals surface area contributed by atoms with Crippen LogP contribution < -0.4 is 10.9 Å². The highest BCUT2D eigenvalue weighted by molar-refractivity contribution is 7.89. The van der Waals surface area contributed by atoms with E-state index in [4.69, 9.17) is 0 Å². The number of amides is 2. The number of pyridine rings is 1. The third-order valence-electron chi connectivity index (χ3n) is 4.79. The number of sulfonamides is 1. The first kappa shape index (κ1) is 20.0. The van der Waals surface area contributed by atoms with Gasteiger partial charge in [-0.2, -0.15) is 4.31 Å². The van der Waals surface area contributed by atoms with Gasteiger partial charge in [-0.3, -0.25) is 25.4 Å². The van der Waals surface area contributed by atoms with Crippen molar-refractivity contribution >= 4 is 21.8 Å². The van der Waals surface area contributed by atoms with E-state index in [0.717, 1.165) is 5.56 Å². The first-order valence-electron chi connectivity index (χ1n) is 8.95. The zero-order valence-corrected chi connectivity index (χ0v) is 16.3. The maximum absolute atomic E-state index is 12.6. The van der Waals surface area contributed by atoms with E-state index < -0.39 is 10.0 Å². The summed E-state index contributed by atoms with van der Waals surface area (Å²) >= 11 is 0. The van der Waals surface area contributed by atoms with E-state index in [9.17, 15) is 18.0 Å². The number of carbonyl (C=O) groups excluding carboxylic acids is 2. The van der Waals surface area contributed by atoms with Crippen molar-refractivity contribution in [2.75, 3.05) is 13.1 Å². The number of piperidine rings is 1. The van der Waals surface area contributed by atoms with Gasteiger partial charge in [-0.1, -0.05) is 18.2 Å². The van der Waals surface area contributed by atoms with E-state index >= 15 is 0 Å². The van der Waals surface area contributed by atoms with Crippen LogP contribution in [0.3, 0.4) is 0 Å². The maximum atomic E-state index is 12.6. The molecule has 1 aliphatic rings. The summed E-state index contributed by atoms with van der Waals surface area (Å²) in [6, 6.07) is 10.2. The number of nitrogens with one attached hydrogen (secondary N) is 2. The third kappa shape index (κ3) is 4.37. The highest BCUT2D eigenvalue weighted by Crippen LogP contribution is 2.23. The number of carbonyl (C=O) groups is 2. The second kappa shape index (κ2) is 8.49. The van der Waals surface area contributed by atoms with E-state index in [-0.39, 0.29) is 35.7 Å². The van der Waals surface area contributed by atoms with Gasteiger partial charge in [0.25, 0.3) is 5.91 Å². The lowest BCUT2D eigenvalue weighted by Crippen LogP contribution is -2.48. The number of rotatable bonds is 4. The molecule has 2 amide bonds. The van der Waals surface area contributed by atoms with E-state index in [0.29, 0.717) is 18.4 Å².